The van der Waals surface area contributed by atoms with E-state index in [4.69, 9.17) is 0 Å². The molecular formula is C34H49N. The molecule has 0 aromatic carbocycles. The maximum absolute atomic E-state index is 4.62. The van der Waals surface area contributed by atoms with Crippen LogP contribution in [0.3, 0.4) is 0 Å². The molecule has 0 bridgehead atoms. The standard InChI is InChI=1S/C34H49N/c1-7-11-13-16-19-31(10-4)34(28(5)32-20-17-14-15-18-21-32)33(22-12-8-2)35(6)27-30-25-23-29(9-3)24-26-30/h10,13-20,29-30H,4-5,7-9,11-12,22-27H2,1-3,6H3/b16-13-,31-19+,34-33+. The molecule has 35 heavy (non-hydrogen) atoms. The highest BCUT2D eigenvalue weighted by molar-refractivity contribution is 5.63. The molecule has 1 heteroatoms. The van der Waals surface area contributed by atoms with E-state index in [9.17, 15) is 0 Å². The molecule has 1 saturated carbocycles. The van der Waals surface area contributed by atoms with Crippen molar-refractivity contribution in [2.75, 3.05) is 13.6 Å². The Balaban J connectivity index is 2.51. The van der Waals surface area contributed by atoms with E-state index in [2.05, 4.69) is 82.0 Å². The van der Waals surface area contributed by atoms with E-state index in [0.29, 0.717) is 0 Å². The van der Waals surface area contributed by atoms with Crippen molar-refractivity contribution in [2.45, 2.75) is 85.0 Å². The summed E-state index contributed by atoms with van der Waals surface area (Å²) in [5.41, 5.74) is 9.29. The first-order valence-corrected chi connectivity index (χ1v) is 14.0. The highest BCUT2D eigenvalue weighted by Gasteiger charge is 2.24. The number of hydrogen-bond acceptors (Lipinski definition) is 1. The van der Waals surface area contributed by atoms with Gasteiger partial charge in [0.2, 0.25) is 0 Å². The molecule has 0 N–H and O–H groups in total. The lowest BCUT2D eigenvalue weighted by atomic mass is 9.80. The zero-order chi connectivity index (χ0) is 25.5. The quantitative estimate of drug-likeness (QED) is 0.180. The third kappa shape index (κ3) is 9.23. The van der Waals surface area contributed by atoms with Gasteiger partial charge in [-0.3, -0.25) is 0 Å². The molecule has 190 valence electrons. The topological polar surface area (TPSA) is 3.24 Å². The molecule has 0 radical (unpaired) electrons. The third-order valence-electron chi connectivity index (χ3n) is 7.42. The summed E-state index contributed by atoms with van der Waals surface area (Å²) in [7, 11) is 2.30. The molecule has 0 heterocycles. The minimum Gasteiger partial charge on any atom is -0.377 e. The number of nitrogens with zero attached hydrogens (tertiary/aromatic N) is 1. The van der Waals surface area contributed by atoms with Gasteiger partial charge in [0.05, 0.1) is 0 Å². The van der Waals surface area contributed by atoms with Gasteiger partial charge in [-0.1, -0.05) is 109 Å². The molecule has 1 nitrogen and oxygen atoms in total. The number of unbranched alkanes of at least 4 members (excludes halogenated alkanes) is 2. The summed E-state index contributed by atoms with van der Waals surface area (Å²) >= 11 is 0. The average Bonchev–Trinajstić information content (AvgIpc) is 3.17. The minimum absolute atomic E-state index is 0.774. The number of hydrogen-bond donors (Lipinski definition) is 0. The van der Waals surface area contributed by atoms with E-state index in [1.54, 1.807) is 0 Å². The summed E-state index contributed by atoms with van der Waals surface area (Å²) in [5.74, 6) is 1.71. The van der Waals surface area contributed by atoms with E-state index >= 15 is 0 Å². The zero-order valence-electron chi connectivity index (χ0n) is 23.0. The maximum atomic E-state index is 4.62. The lowest BCUT2D eigenvalue weighted by Gasteiger charge is -2.34. The van der Waals surface area contributed by atoms with Crippen molar-refractivity contribution >= 4 is 0 Å². The lowest BCUT2D eigenvalue weighted by Crippen LogP contribution is -2.29. The minimum atomic E-state index is 0.774. The first-order valence-electron chi connectivity index (χ1n) is 14.0. The van der Waals surface area contributed by atoms with Crippen molar-refractivity contribution in [3.05, 3.63) is 102 Å². The molecule has 0 aromatic rings. The van der Waals surface area contributed by atoms with Crippen molar-refractivity contribution in [3.63, 3.8) is 0 Å². The Morgan fingerprint density at radius 3 is 2.46 bits per heavy atom. The van der Waals surface area contributed by atoms with Gasteiger partial charge < -0.3 is 4.90 Å². The summed E-state index contributed by atoms with van der Waals surface area (Å²) in [6.07, 6.45) is 31.4. The van der Waals surface area contributed by atoms with Gasteiger partial charge in [-0.25, -0.2) is 0 Å². The fourth-order valence-electron chi connectivity index (χ4n) is 5.15. The molecule has 1 fully saturated rings. The van der Waals surface area contributed by atoms with Crippen molar-refractivity contribution in [2.24, 2.45) is 11.8 Å². The van der Waals surface area contributed by atoms with E-state index in [-0.39, 0.29) is 0 Å². The zero-order valence-corrected chi connectivity index (χ0v) is 23.0. The van der Waals surface area contributed by atoms with Crippen LogP contribution >= 0.6 is 0 Å². The van der Waals surface area contributed by atoms with Crippen LogP contribution in [-0.4, -0.2) is 18.5 Å². The van der Waals surface area contributed by atoms with Crippen molar-refractivity contribution in [3.8, 4) is 0 Å². The van der Waals surface area contributed by atoms with Gasteiger partial charge in [-0.15, -0.1) is 5.73 Å². The highest BCUT2D eigenvalue weighted by atomic mass is 15.1. The molecule has 2 rings (SSSR count). The van der Waals surface area contributed by atoms with Crippen LogP contribution in [0.15, 0.2) is 102 Å². The molecule has 0 aliphatic heterocycles. The molecule has 0 saturated heterocycles. The number of rotatable bonds is 14. The second-order valence-electron chi connectivity index (χ2n) is 10.1. The second-order valence-corrected chi connectivity index (χ2v) is 10.1. The molecule has 2 aliphatic rings. The van der Waals surface area contributed by atoms with Crippen molar-refractivity contribution in [1.29, 1.82) is 0 Å². The Hall–Kier alpha value is -2.50. The molecule has 0 aromatic heterocycles. The predicted molar refractivity (Wildman–Crippen MR) is 156 cm³/mol. The summed E-state index contributed by atoms with van der Waals surface area (Å²) in [6, 6.07) is 0. The van der Waals surface area contributed by atoms with E-state index in [0.717, 1.165) is 54.4 Å². The summed E-state index contributed by atoms with van der Waals surface area (Å²) < 4.78 is 0. The monoisotopic (exact) mass is 471 g/mol. The van der Waals surface area contributed by atoms with Crippen LogP contribution in [0.4, 0.5) is 0 Å². The van der Waals surface area contributed by atoms with Crippen LogP contribution in [0.5, 0.6) is 0 Å². The van der Waals surface area contributed by atoms with Crippen LogP contribution in [0.1, 0.15) is 85.0 Å². The van der Waals surface area contributed by atoms with Gasteiger partial charge in [-0.05, 0) is 67.2 Å². The maximum Gasteiger partial charge on any atom is 0.0237 e. The Morgan fingerprint density at radius 1 is 1.06 bits per heavy atom. The third-order valence-corrected chi connectivity index (χ3v) is 7.42. The first kappa shape index (κ1) is 28.7. The van der Waals surface area contributed by atoms with Gasteiger partial charge >= 0.3 is 0 Å². The molecule has 0 atom stereocenters. The average molecular weight is 472 g/mol. The SMILES string of the molecule is C=CC(=C\C=C/CCC)/C(C(=C)C1=C=CC=CC=C1)=C(\CCCC)N(C)CC1CCC(CC)CC1. The largest absolute Gasteiger partial charge is 0.377 e. The van der Waals surface area contributed by atoms with Gasteiger partial charge in [0, 0.05) is 30.4 Å². The van der Waals surface area contributed by atoms with Crippen LogP contribution in [0.25, 0.3) is 0 Å². The fraction of sp³-hybridized carbons (Fsp3) is 0.500. The Morgan fingerprint density at radius 2 is 1.80 bits per heavy atom. The highest BCUT2D eigenvalue weighted by Crippen LogP contribution is 2.35. The Bertz CT molecular complexity index is 902. The number of allylic oxidation sites excluding steroid dienone is 13. The van der Waals surface area contributed by atoms with Gasteiger partial charge in [0.25, 0.3) is 0 Å². The summed E-state index contributed by atoms with van der Waals surface area (Å²) in [5, 5.41) is 0. The smallest absolute Gasteiger partial charge is 0.0237 e. The van der Waals surface area contributed by atoms with Gasteiger partial charge in [0.1, 0.15) is 0 Å². The predicted octanol–water partition coefficient (Wildman–Crippen LogP) is 9.81. The normalized spacial score (nSPS) is 21.0. The first-order chi connectivity index (χ1) is 17.0. The lowest BCUT2D eigenvalue weighted by molar-refractivity contribution is 0.219. The molecule has 2 aliphatic carbocycles. The molecule has 0 unspecified atom stereocenters. The van der Waals surface area contributed by atoms with E-state index in [1.165, 1.54) is 56.2 Å². The Kier molecular flexibility index (Phi) is 13.3. The van der Waals surface area contributed by atoms with E-state index in [1.807, 2.05) is 24.3 Å². The van der Waals surface area contributed by atoms with Crippen LogP contribution in [0, 0.1) is 11.8 Å². The molecular weight excluding hydrogens is 422 g/mol. The Labute approximate surface area is 216 Å². The molecule has 0 amide bonds. The summed E-state index contributed by atoms with van der Waals surface area (Å²) in [4.78, 5) is 2.54. The van der Waals surface area contributed by atoms with Crippen molar-refractivity contribution in [1.82, 2.24) is 4.90 Å². The van der Waals surface area contributed by atoms with Crippen LogP contribution < -0.4 is 0 Å². The van der Waals surface area contributed by atoms with Crippen LogP contribution in [-0.2, 0) is 0 Å². The van der Waals surface area contributed by atoms with E-state index < -0.39 is 0 Å². The van der Waals surface area contributed by atoms with Crippen molar-refractivity contribution < 1.29 is 0 Å². The van der Waals surface area contributed by atoms with Crippen LogP contribution in [0.2, 0.25) is 0 Å². The van der Waals surface area contributed by atoms with Gasteiger partial charge in [0.15, 0.2) is 0 Å². The van der Waals surface area contributed by atoms with Gasteiger partial charge in [-0.2, -0.15) is 0 Å². The summed E-state index contributed by atoms with van der Waals surface area (Å²) in [6.45, 7) is 16.8. The molecule has 0 spiro atoms. The second kappa shape index (κ2) is 16.2. The fourth-order valence-corrected chi connectivity index (χ4v) is 5.15.